The lowest BCUT2D eigenvalue weighted by Crippen LogP contribution is -2.28. The highest BCUT2D eigenvalue weighted by Crippen LogP contribution is 2.20. The van der Waals surface area contributed by atoms with Gasteiger partial charge in [-0.05, 0) is 50.5 Å². The molecular weight excluding hydrogens is 436 g/mol. The average molecular weight is 465 g/mol. The van der Waals surface area contributed by atoms with Gasteiger partial charge in [-0.25, -0.2) is 4.39 Å². The zero-order valence-corrected chi connectivity index (χ0v) is 18.6. The van der Waals surface area contributed by atoms with Crippen LogP contribution < -0.4 is 11.1 Å². The van der Waals surface area contributed by atoms with E-state index in [1.165, 1.54) is 24.8 Å². The Labute approximate surface area is 191 Å². The van der Waals surface area contributed by atoms with E-state index in [0.717, 1.165) is 37.7 Å². The van der Waals surface area contributed by atoms with Crippen LogP contribution in [0.4, 0.5) is 14.5 Å². The standard InChI is InChI=1S/C12H15N3O3.C6H4F2O.C5H10O/c1-7-2-3-10(18-7)12(17)15-8-4-5-14-9(6-8)11(13)16;7-4-2-1-3-5(9)6(4)8;1-2-5-3-6-4-5/h4-7,10H,2-3H2,1H3,(H2,13,16)(H,14,15,17);1-3,9H;5H,2-4H2,1H3. The number of benzene rings is 1. The summed E-state index contributed by atoms with van der Waals surface area (Å²) < 4.78 is 34.5. The molecule has 1 aromatic carbocycles. The second-order valence-electron chi connectivity index (χ2n) is 7.68. The van der Waals surface area contributed by atoms with Gasteiger partial charge in [0.1, 0.15) is 11.8 Å². The van der Waals surface area contributed by atoms with Crippen LogP contribution in [-0.4, -0.2) is 47.3 Å². The van der Waals surface area contributed by atoms with Crippen molar-refractivity contribution in [3.05, 3.63) is 53.9 Å². The third-order valence-electron chi connectivity index (χ3n) is 5.02. The first-order chi connectivity index (χ1) is 15.7. The van der Waals surface area contributed by atoms with Gasteiger partial charge in [-0.3, -0.25) is 14.6 Å². The molecule has 33 heavy (non-hydrogen) atoms. The molecule has 2 amide bonds. The Bertz CT molecular complexity index is 917. The molecule has 2 aliphatic rings. The lowest BCUT2D eigenvalue weighted by Gasteiger charge is -2.23. The number of carbonyl (C=O) groups is 2. The molecule has 2 atom stereocenters. The van der Waals surface area contributed by atoms with Gasteiger partial charge in [-0.15, -0.1) is 0 Å². The summed E-state index contributed by atoms with van der Waals surface area (Å²) >= 11 is 0. The summed E-state index contributed by atoms with van der Waals surface area (Å²) in [7, 11) is 0. The van der Waals surface area contributed by atoms with E-state index in [9.17, 15) is 18.4 Å². The van der Waals surface area contributed by atoms with Gasteiger partial charge in [0, 0.05) is 17.8 Å². The van der Waals surface area contributed by atoms with Crippen molar-refractivity contribution in [3.63, 3.8) is 0 Å². The zero-order valence-electron chi connectivity index (χ0n) is 18.6. The second-order valence-corrected chi connectivity index (χ2v) is 7.68. The van der Waals surface area contributed by atoms with E-state index < -0.39 is 29.4 Å². The quantitative estimate of drug-likeness (QED) is 0.636. The van der Waals surface area contributed by atoms with Crippen LogP contribution in [0.1, 0.15) is 43.6 Å². The van der Waals surface area contributed by atoms with Gasteiger partial charge in [0.25, 0.3) is 11.8 Å². The second kappa shape index (κ2) is 12.8. The number of phenolic OH excluding ortho intramolecular Hbond substituents is 1. The number of nitrogens with one attached hydrogen (secondary N) is 1. The summed E-state index contributed by atoms with van der Waals surface area (Å²) in [5.74, 6) is -2.83. The molecular formula is C23H29F2N3O5. The fourth-order valence-corrected chi connectivity index (χ4v) is 2.87. The number of phenols is 1. The fourth-order valence-electron chi connectivity index (χ4n) is 2.87. The molecule has 4 rings (SSSR count). The third-order valence-corrected chi connectivity index (χ3v) is 5.02. The number of carbonyl (C=O) groups excluding carboxylic acids is 2. The molecule has 0 radical (unpaired) electrons. The van der Waals surface area contributed by atoms with E-state index in [4.69, 9.17) is 20.3 Å². The SMILES string of the molecule is CC1CCC(C(=O)Nc2ccnc(C(N)=O)c2)O1.CCC1COC1.Oc1cccc(F)c1F. The smallest absolute Gasteiger partial charge is 0.267 e. The van der Waals surface area contributed by atoms with Gasteiger partial charge >= 0.3 is 0 Å². The molecule has 4 N–H and O–H groups in total. The number of aromatic hydroxyl groups is 1. The topological polar surface area (TPSA) is 124 Å². The monoisotopic (exact) mass is 465 g/mol. The van der Waals surface area contributed by atoms with Gasteiger partial charge in [0.15, 0.2) is 17.4 Å². The molecule has 2 saturated heterocycles. The number of hydrogen-bond donors (Lipinski definition) is 3. The number of ether oxygens (including phenoxy) is 2. The van der Waals surface area contributed by atoms with Gasteiger partial charge in [-0.2, -0.15) is 4.39 Å². The predicted octanol–water partition coefficient (Wildman–Crippen LogP) is 3.40. The van der Waals surface area contributed by atoms with Crippen LogP contribution in [0, 0.1) is 17.6 Å². The minimum absolute atomic E-state index is 0.111. The Morgan fingerprint density at radius 1 is 1.24 bits per heavy atom. The Morgan fingerprint density at radius 2 is 1.97 bits per heavy atom. The highest BCUT2D eigenvalue weighted by atomic mass is 19.2. The van der Waals surface area contributed by atoms with Crippen molar-refractivity contribution in [2.75, 3.05) is 18.5 Å². The normalized spacial score (nSPS) is 19.3. The molecule has 2 aliphatic heterocycles. The molecule has 0 bridgehead atoms. The van der Waals surface area contributed by atoms with Crippen molar-refractivity contribution in [2.45, 2.75) is 45.3 Å². The number of nitrogens with two attached hydrogens (primary N) is 1. The molecule has 1 aromatic heterocycles. The Kier molecular flexibility index (Phi) is 10.1. The Balaban J connectivity index is 0.000000211. The largest absolute Gasteiger partial charge is 0.505 e. The van der Waals surface area contributed by atoms with Gasteiger partial charge < -0.3 is 25.6 Å². The minimum Gasteiger partial charge on any atom is -0.505 e. The minimum atomic E-state index is -1.20. The summed E-state index contributed by atoms with van der Waals surface area (Å²) in [6, 6.07) is 6.29. The van der Waals surface area contributed by atoms with Crippen molar-refractivity contribution in [3.8, 4) is 5.75 Å². The summed E-state index contributed by atoms with van der Waals surface area (Å²) in [5, 5.41) is 11.2. The van der Waals surface area contributed by atoms with Crippen LogP contribution in [0.25, 0.3) is 0 Å². The number of nitrogens with zero attached hydrogens (tertiary/aromatic N) is 1. The van der Waals surface area contributed by atoms with E-state index in [1.54, 1.807) is 6.07 Å². The van der Waals surface area contributed by atoms with Crippen molar-refractivity contribution in [1.29, 1.82) is 0 Å². The average Bonchev–Trinajstić information content (AvgIpc) is 3.19. The highest BCUT2D eigenvalue weighted by Gasteiger charge is 2.28. The van der Waals surface area contributed by atoms with Crippen LogP contribution in [0.2, 0.25) is 0 Å². The van der Waals surface area contributed by atoms with E-state index in [-0.39, 0.29) is 17.7 Å². The van der Waals surface area contributed by atoms with Gasteiger partial charge in [-0.1, -0.05) is 13.0 Å². The predicted molar refractivity (Wildman–Crippen MR) is 118 cm³/mol. The summed E-state index contributed by atoms with van der Waals surface area (Å²) in [6.07, 6.45) is 3.99. The molecule has 2 fully saturated rings. The first kappa shape index (κ1) is 26.1. The van der Waals surface area contributed by atoms with E-state index in [2.05, 4.69) is 17.2 Å². The number of anilines is 1. The van der Waals surface area contributed by atoms with Crippen molar-refractivity contribution >= 4 is 17.5 Å². The maximum absolute atomic E-state index is 12.1. The fraction of sp³-hybridized carbons (Fsp3) is 0.435. The molecule has 2 aromatic rings. The Morgan fingerprint density at radius 3 is 2.42 bits per heavy atom. The van der Waals surface area contributed by atoms with Gasteiger partial charge in [0.05, 0.1) is 19.3 Å². The van der Waals surface area contributed by atoms with Crippen LogP contribution in [0.15, 0.2) is 36.5 Å². The molecule has 10 heteroatoms. The number of hydrogen-bond acceptors (Lipinski definition) is 6. The number of halogens is 2. The van der Waals surface area contributed by atoms with Crippen LogP contribution >= 0.6 is 0 Å². The maximum atomic E-state index is 12.1. The summed E-state index contributed by atoms with van der Waals surface area (Å²) in [5.41, 5.74) is 5.73. The van der Waals surface area contributed by atoms with Gasteiger partial charge in [0.2, 0.25) is 0 Å². The van der Waals surface area contributed by atoms with Crippen LogP contribution in [0.3, 0.4) is 0 Å². The number of amides is 2. The van der Waals surface area contributed by atoms with Crippen molar-refractivity contribution in [1.82, 2.24) is 4.98 Å². The maximum Gasteiger partial charge on any atom is 0.267 e. The molecule has 8 nitrogen and oxygen atoms in total. The number of rotatable bonds is 4. The van der Waals surface area contributed by atoms with Crippen molar-refractivity contribution < 1.29 is 33.0 Å². The van der Waals surface area contributed by atoms with Crippen molar-refractivity contribution in [2.24, 2.45) is 11.7 Å². The zero-order chi connectivity index (χ0) is 24.4. The first-order valence-corrected chi connectivity index (χ1v) is 10.6. The molecule has 0 spiro atoms. The number of aromatic nitrogens is 1. The number of primary amides is 1. The van der Waals surface area contributed by atoms with Crippen LogP contribution in [-0.2, 0) is 14.3 Å². The van der Waals surface area contributed by atoms with E-state index >= 15 is 0 Å². The first-order valence-electron chi connectivity index (χ1n) is 10.6. The lowest BCUT2D eigenvalue weighted by molar-refractivity contribution is -0.126. The lowest BCUT2D eigenvalue weighted by atomic mass is 10.1. The molecule has 0 aliphatic carbocycles. The third kappa shape index (κ3) is 8.39. The van der Waals surface area contributed by atoms with Crippen LogP contribution in [0.5, 0.6) is 5.75 Å². The number of pyridine rings is 1. The highest BCUT2D eigenvalue weighted by molar-refractivity contribution is 5.96. The Hall–Kier alpha value is -3.11. The molecule has 2 unspecified atom stereocenters. The molecule has 0 saturated carbocycles. The molecule has 3 heterocycles. The van der Waals surface area contributed by atoms with E-state index in [0.29, 0.717) is 12.1 Å². The van der Waals surface area contributed by atoms with E-state index in [1.807, 2.05) is 6.92 Å². The summed E-state index contributed by atoms with van der Waals surface area (Å²) in [4.78, 5) is 26.6. The summed E-state index contributed by atoms with van der Waals surface area (Å²) in [6.45, 7) is 6.16. The molecule has 180 valence electrons.